The lowest BCUT2D eigenvalue weighted by Gasteiger charge is -2.44. The highest BCUT2D eigenvalue weighted by atomic mass is 79.9. The second-order valence-electron chi connectivity index (χ2n) is 7.83. The predicted octanol–water partition coefficient (Wildman–Crippen LogP) is 5.48. The molecule has 4 heteroatoms. The van der Waals surface area contributed by atoms with Gasteiger partial charge in [-0.05, 0) is 55.7 Å². The fourth-order valence-corrected chi connectivity index (χ4v) is 5.44. The summed E-state index contributed by atoms with van der Waals surface area (Å²) in [5, 5.41) is 13.1. The van der Waals surface area contributed by atoms with E-state index in [2.05, 4.69) is 59.4 Å². The third-order valence-electron chi connectivity index (χ3n) is 5.78. The number of nitriles is 1. The van der Waals surface area contributed by atoms with E-state index in [1.807, 2.05) is 0 Å². The Bertz CT molecular complexity index is 710. The number of nitrogens with one attached hydrogen (secondary N) is 1. The van der Waals surface area contributed by atoms with Crippen LogP contribution in [0.25, 0.3) is 0 Å². The maximum absolute atomic E-state index is 9.36. The van der Waals surface area contributed by atoms with E-state index in [9.17, 15) is 5.26 Å². The van der Waals surface area contributed by atoms with Gasteiger partial charge in [0.15, 0.2) is 0 Å². The van der Waals surface area contributed by atoms with E-state index >= 15 is 0 Å². The Morgan fingerprint density at radius 2 is 2.20 bits per heavy atom. The van der Waals surface area contributed by atoms with Crippen LogP contribution < -0.4 is 5.32 Å². The summed E-state index contributed by atoms with van der Waals surface area (Å²) in [6.07, 6.45) is 12.4. The van der Waals surface area contributed by atoms with Crippen molar-refractivity contribution in [3.8, 4) is 6.07 Å². The first-order valence-electron chi connectivity index (χ1n) is 9.08. The number of nitrogens with zero attached hydrogens (tertiary/aromatic N) is 1. The summed E-state index contributed by atoms with van der Waals surface area (Å²) < 4.78 is 5.47. The quantitative estimate of drug-likeness (QED) is 0.635. The van der Waals surface area contributed by atoms with Crippen LogP contribution in [-0.2, 0) is 4.74 Å². The van der Waals surface area contributed by atoms with Crippen molar-refractivity contribution in [1.29, 1.82) is 5.26 Å². The van der Waals surface area contributed by atoms with Crippen LogP contribution in [0.4, 0.5) is 0 Å². The molecule has 0 aromatic rings. The van der Waals surface area contributed by atoms with Gasteiger partial charge in [-0.25, -0.2) is 0 Å². The van der Waals surface area contributed by atoms with Gasteiger partial charge in [-0.2, -0.15) is 5.26 Å². The molecule has 0 amide bonds. The summed E-state index contributed by atoms with van der Waals surface area (Å²) in [5.74, 6) is 1.35. The van der Waals surface area contributed by atoms with Gasteiger partial charge in [0.2, 0.25) is 0 Å². The Morgan fingerprint density at radius 1 is 1.40 bits per heavy atom. The summed E-state index contributed by atoms with van der Waals surface area (Å²) >= 11 is 3.79. The van der Waals surface area contributed by atoms with Gasteiger partial charge in [0.1, 0.15) is 5.76 Å². The Hall–Kier alpha value is -1.47. The number of dihydropyridines is 1. The number of halogens is 1. The number of allylic oxidation sites excluding steroid dienone is 6. The Balaban J connectivity index is 1.84. The molecule has 3 unspecified atom stereocenters. The topological polar surface area (TPSA) is 45.0 Å². The summed E-state index contributed by atoms with van der Waals surface area (Å²) in [4.78, 5) is 0.524. The van der Waals surface area contributed by atoms with E-state index in [0.717, 1.165) is 31.4 Å². The van der Waals surface area contributed by atoms with Crippen LogP contribution in [0.1, 0.15) is 52.4 Å². The molecule has 0 aromatic heterocycles. The first-order valence-corrected chi connectivity index (χ1v) is 9.99. The minimum absolute atomic E-state index is 0.0290. The number of alkyl halides is 1. The molecule has 1 aliphatic heterocycles. The van der Waals surface area contributed by atoms with E-state index in [1.165, 1.54) is 29.0 Å². The van der Waals surface area contributed by atoms with E-state index in [4.69, 9.17) is 4.74 Å². The highest BCUT2D eigenvalue weighted by Crippen LogP contribution is 2.49. The van der Waals surface area contributed by atoms with Crippen molar-refractivity contribution in [3.05, 3.63) is 46.5 Å². The number of rotatable bonds is 3. The van der Waals surface area contributed by atoms with Crippen molar-refractivity contribution >= 4 is 15.9 Å². The second kappa shape index (κ2) is 7.41. The van der Waals surface area contributed by atoms with E-state index in [1.54, 1.807) is 7.11 Å². The van der Waals surface area contributed by atoms with E-state index in [0.29, 0.717) is 17.2 Å². The number of hydrogen-bond donors (Lipinski definition) is 1. The molecule has 2 aliphatic carbocycles. The van der Waals surface area contributed by atoms with Gasteiger partial charge in [-0.3, -0.25) is 0 Å². The number of methoxy groups -OCH3 is 1. The minimum Gasteiger partial charge on any atom is -0.497 e. The fourth-order valence-electron chi connectivity index (χ4n) is 4.44. The van der Waals surface area contributed by atoms with Crippen molar-refractivity contribution in [1.82, 2.24) is 5.32 Å². The molecule has 1 saturated carbocycles. The van der Waals surface area contributed by atoms with E-state index < -0.39 is 0 Å². The smallest absolute Gasteiger partial charge is 0.119 e. The molecule has 0 bridgehead atoms. The number of hydrogen-bond acceptors (Lipinski definition) is 3. The van der Waals surface area contributed by atoms with Crippen molar-refractivity contribution in [2.24, 2.45) is 11.3 Å². The predicted molar refractivity (Wildman–Crippen MR) is 105 cm³/mol. The molecular formula is C21H27BrN2O. The Labute approximate surface area is 159 Å². The summed E-state index contributed by atoms with van der Waals surface area (Å²) in [5.41, 5.74) is 5.25. The van der Waals surface area contributed by atoms with Gasteiger partial charge in [0.25, 0.3) is 0 Å². The second-order valence-corrected chi connectivity index (χ2v) is 9.13. The third kappa shape index (κ3) is 3.87. The lowest BCUT2D eigenvalue weighted by atomic mass is 9.64. The lowest BCUT2D eigenvalue weighted by Crippen LogP contribution is -2.40. The summed E-state index contributed by atoms with van der Waals surface area (Å²) in [6.45, 7) is 4.43. The maximum Gasteiger partial charge on any atom is 0.119 e. The molecule has 1 heterocycles. The van der Waals surface area contributed by atoms with Gasteiger partial charge in [0.05, 0.1) is 13.2 Å². The van der Waals surface area contributed by atoms with Gasteiger partial charge < -0.3 is 10.1 Å². The zero-order valence-electron chi connectivity index (χ0n) is 15.4. The van der Waals surface area contributed by atoms with Gasteiger partial charge in [0, 0.05) is 35.0 Å². The van der Waals surface area contributed by atoms with Crippen LogP contribution in [-0.4, -0.2) is 11.9 Å². The maximum atomic E-state index is 9.36. The van der Waals surface area contributed by atoms with Crippen LogP contribution in [0.15, 0.2) is 46.5 Å². The molecule has 134 valence electrons. The minimum atomic E-state index is 0.0290. The highest BCUT2D eigenvalue weighted by molar-refractivity contribution is 9.09. The molecule has 3 aliphatic rings. The molecular weight excluding hydrogens is 376 g/mol. The molecule has 3 rings (SSSR count). The zero-order valence-corrected chi connectivity index (χ0v) is 16.9. The standard InChI is InChI=1S/C21H27BrN2O/c1-14-10-17(25-3)12-15-4-7-19(24-20(15)11-14)18-6-5-16(22)13-21(18,2)8-9-23/h7,10,12,16,18,24H,4-6,8,11,13H2,1-3H3. The average molecular weight is 403 g/mol. The lowest BCUT2D eigenvalue weighted by molar-refractivity contribution is 0.149. The van der Waals surface area contributed by atoms with Crippen LogP contribution >= 0.6 is 15.9 Å². The molecule has 0 saturated heterocycles. The van der Waals surface area contributed by atoms with Crippen molar-refractivity contribution in [3.63, 3.8) is 0 Å². The molecule has 0 radical (unpaired) electrons. The van der Waals surface area contributed by atoms with Crippen molar-refractivity contribution < 1.29 is 4.74 Å². The highest BCUT2D eigenvalue weighted by Gasteiger charge is 2.42. The molecule has 3 nitrogen and oxygen atoms in total. The molecule has 25 heavy (non-hydrogen) atoms. The van der Waals surface area contributed by atoms with Gasteiger partial charge in [-0.1, -0.05) is 34.5 Å². The van der Waals surface area contributed by atoms with Gasteiger partial charge >= 0.3 is 0 Å². The van der Waals surface area contributed by atoms with Crippen molar-refractivity contribution in [2.75, 3.05) is 7.11 Å². The Morgan fingerprint density at radius 3 is 2.92 bits per heavy atom. The largest absolute Gasteiger partial charge is 0.497 e. The normalized spacial score (nSPS) is 32.4. The first-order chi connectivity index (χ1) is 11.9. The SMILES string of the molecule is COC1=CC2=C(CC(C)=C1)NC(C1CCC(Br)CC1(C)CC#N)=CC2. The molecule has 1 fully saturated rings. The van der Waals surface area contributed by atoms with Crippen molar-refractivity contribution in [2.45, 2.75) is 57.2 Å². The fraction of sp³-hybridized carbons (Fsp3) is 0.571. The van der Waals surface area contributed by atoms with Crippen LogP contribution in [0, 0.1) is 22.7 Å². The van der Waals surface area contributed by atoms with Crippen LogP contribution in [0.2, 0.25) is 0 Å². The Kier molecular flexibility index (Phi) is 5.43. The molecule has 3 atom stereocenters. The molecule has 0 spiro atoms. The molecule has 1 N–H and O–H groups in total. The monoisotopic (exact) mass is 402 g/mol. The van der Waals surface area contributed by atoms with Crippen LogP contribution in [0.3, 0.4) is 0 Å². The third-order valence-corrected chi connectivity index (χ3v) is 6.56. The summed E-state index contributed by atoms with van der Waals surface area (Å²) in [6, 6.07) is 2.43. The van der Waals surface area contributed by atoms with Crippen LogP contribution in [0.5, 0.6) is 0 Å². The molecule has 0 aromatic carbocycles. The number of ether oxygens (including phenoxy) is 1. The summed E-state index contributed by atoms with van der Waals surface area (Å²) in [7, 11) is 1.73. The van der Waals surface area contributed by atoms with E-state index in [-0.39, 0.29) is 5.41 Å². The zero-order chi connectivity index (χ0) is 18.0. The first kappa shape index (κ1) is 18.3. The average Bonchev–Trinajstić information content (AvgIpc) is 2.71. The van der Waals surface area contributed by atoms with Gasteiger partial charge in [-0.15, -0.1) is 0 Å².